The van der Waals surface area contributed by atoms with Gasteiger partial charge in [0.05, 0.1) is 18.2 Å². The normalized spacial score (nSPS) is 14.1. The fraction of sp³-hybridized carbons (Fsp3) is 0.375. The van der Waals surface area contributed by atoms with Gasteiger partial charge in [-0.15, -0.1) is 0 Å². The molecule has 0 aliphatic rings. The molecule has 3 N–H and O–H groups in total. The third-order valence-corrected chi connectivity index (χ3v) is 1.75. The van der Waals surface area contributed by atoms with Crippen LogP contribution in [-0.4, -0.2) is 16.7 Å². The zero-order chi connectivity index (χ0) is 10.8. The molecule has 0 saturated carbocycles. The number of aromatic nitrogens is 1. The Labute approximate surface area is 78.4 Å². The van der Waals surface area contributed by atoms with E-state index in [9.17, 15) is 13.2 Å². The zero-order valence-electron chi connectivity index (χ0n) is 7.12. The van der Waals surface area contributed by atoms with Gasteiger partial charge in [-0.1, -0.05) is 0 Å². The molecule has 6 heteroatoms. The fourth-order valence-electron chi connectivity index (χ4n) is 1.06. The van der Waals surface area contributed by atoms with E-state index in [1.54, 1.807) is 0 Å². The molecule has 1 aromatic rings. The number of hydrogen-bond acceptors (Lipinski definition) is 3. The van der Waals surface area contributed by atoms with Crippen LogP contribution in [0.5, 0.6) is 0 Å². The van der Waals surface area contributed by atoms with E-state index in [1.807, 2.05) is 0 Å². The van der Waals surface area contributed by atoms with E-state index >= 15 is 0 Å². The molecule has 3 nitrogen and oxygen atoms in total. The molecule has 0 amide bonds. The first-order valence-corrected chi connectivity index (χ1v) is 3.84. The molecule has 78 valence electrons. The molecule has 14 heavy (non-hydrogen) atoms. The lowest BCUT2D eigenvalue weighted by molar-refractivity contribution is -0.138. The molecule has 1 heterocycles. The maximum Gasteiger partial charge on any atom is 0.416 e. The van der Waals surface area contributed by atoms with Crippen molar-refractivity contribution in [2.45, 2.75) is 12.2 Å². The van der Waals surface area contributed by atoms with Gasteiger partial charge < -0.3 is 10.8 Å². The lowest BCUT2D eigenvalue weighted by Crippen LogP contribution is -2.20. The van der Waals surface area contributed by atoms with Gasteiger partial charge in [0, 0.05) is 18.0 Å². The molecule has 0 bridgehead atoms. The minimum atomic E-state index is -4.47. The van der Waals surface area contributed by atoms with E-state index < -0.39 is 24.4 Å². The molecule has 0 aliphatic heterocycles. The summed E-state index contributed by atoms with van der Waals surface area (Å²) < 4.78 is 37.1. The maximum absolute atomic E-state index is 12.4. The Morgan fingerprint density at radius 1 is 1.50 bits per heavy atom. The van der Waals surface area contributed by atoms with Gasteiger partial charge in [-0.25, -0.2) is 0 Å². The van der Waals surface area contributed by atoms with Crippen LogP contribution < -0.4 is 5.73 Å². The van der Waals surface area contributed by atoms with Crippen LogP contribution in [0.1, 0.15) is 17.2 Å². The highest BCUT2D eigenvalue weighted by atomic mass is 19.4. The predicted molar refractivity (Wildman–Crippen MR) is 43.3 cm³/mol. The van der Waals surface area contributed by atoms with Crippen molar-refractivity contribution in [3.05, 3.63) is 29.6 Å². The van der Waals surface area contributed by atoms with Crippen molar-refractivity contribution in [2.24, 2.45) is 5.73 Å². The summed E-state index contributed by atoms with van der Waals surface area (Å²) in [6.07, 6.45) is -2.41. The summed E-state index contributed by atoms with van der Waals surface area (Å²) in [6, 6.07) is -0.217. The van der Waals surface area contributed by atoms with Crippen LogP contribution in [0.25, 0.3) is 0 Å². The second-order valence-electron chi connectivity index (χ2n) is 2.75. The quantitative estimate of drug-likeness (QED) is 0.761. The van der Waals surface area contributed by atoms with Crippen LogP contribution >= 0.6 is 0 Å². The summed E-state index contributed by atoms with van der Waals surface area (Å²) in [4.78, 5) is 3.54. The Morgan fingerprint density at radius 2 is 2.14 bits per heavy atom. The number of halogens is 3. The molecule has 0 aromatic carbocycles. The smallest absolute Gasteiger partial charge is 0.394 e. The van der Waals surface area contributed by atoms with Crippen molar-refractivity contribution in [3.63, 3.8) is 0 Å². The average molecular weight is 206 g/mol. The van der Waals surface area contributed by atoms with Gasteiger partial charge in [-0.05, 0) is 6.07 Å². The molecule has 1 aromatic heterocycles. The van der Waals surface area contributed by atoms with Crippen LogP contribution in [-0.2, 0) is 6.18 Å². The van der Waals surface area contributed by atoms with Crippen molar-refractivity contribution >= 4 is 0 Å². The highest BCUT2D eigenvalue weighted by molar-refractivity contribution is 5.28. The molecule has 0 radical (unpaired) electrons. The molecule has 0 fully saturated rings. The van der Waals surface area contributed by atoms with E-state index in [2.05, 4.69) is 4.98 Å². The number of alkyl halides is 3. The Morgan fingerprint density at radius 3 is 2.64 bits per heavy atom. The third kappa shape index (κ3) is 2.21. The van der Waals surface area contributed by atoms with Gasteiger partial charge in [-0.3, -0.25) is 4.98 Å². The second kappa shape index (κ2) is 3.93. The maximum atomic E-state index is 12.4. The molecule has 1 rings (SSSR count). The van der Waals surface area contributed by atoms with Gasteiger partial charge in [0.2, 0.25) is 0 Å². The molecule has 0 spiro atoms. The summed E-state index contributed by atoms with van der Waals surface area (Å²) in [5.74, 6) is 0. The summed E-state index contributed by atoms with van der Waals surface area (Å²) in [6.45, 7) is -0.547. The lowest BCUT2D eigenvalue weighted by atomic mass is 10.0. The standard InChI is InChI=1S/C8H9F3N2O/c9-8(10,11)6-1-2-13-3-5(6)7(12)4-14/h1-3,7,14H,4,12H2/t7-/m0/s1. The molecule has 0 saturated heterocycles. The molecule has 0 aliphatic carbocycles. The van der Waals surface area contributed by atoms with E-state index in [1.165, 1.54) is 0 Å². The number of nitrogens with two attached hydrogens (primary N) is 1. The van der Waals surface area contributed by atoms with Gasteiger partial charge in [-0.2, -0.15) is 13.2 Å². The van der Waals surface area contributed by atoms with Gasteiger partial charge in [0.25, 0.3) is 0 Å². The number of nitrogens with zero attached hydrogens (tertiary/aromatic N) is 1. The second-order valence-corrected chi connectivity index (χ2v) is 2.75. The van der Waals surface area contributed by atoms with E-state index in [4.69, 9.17) is 10.8 Å². The third-order valence-electron chi connectivity index (χ3n) is 1.75. The molecule has 1 atom stereocenters. The monoisotopic (exact) mass is 206 g/mol. The zero-order valence-corrected chi connectivity index (χ0v) is 7.12. The topological polar surface area (TPSA) is 59.1 Å². The van der Waals surface area contributed by atoms with Crippen molar-refractivity contribution in [1.29, 1.82) is 0 Å². The van der Waals surface area contributed by atoms with Crippen molar-refractivity contribution in [2.75, 3.05) is 6.61 Å². The summed E-state index contributed by atoms with van der Waals surface area (Å²) in [7, 11) is 0. The van der Waals surface area contributed by atoms with Crippen LogP contribution in [0.2, 0.25) is 0 Å². The SMILES string of the molecule is N[C@@H](CO)c1cnccc1C(F)(F)F. The summed E-state index contributed by atoms with van der Waals surface area (Å²) in [5, 5.41) is 8.66. The summed E-state index contributed by atoms with van der Waals surface area (Å²) in [5.41, 5.74) is 4.26. The van der Waals surface area contributed by atoms with Crippen molar-refractivity contribution < 1.29 is 18.3 Å². The van der Waals surface area contributed by atoms with Crippen molar-refractivity contribution in [3.8, 4) is 0 Å². The Balaban J connectivity index is 3.16. The minimum Gasteiger partial charge on any atom is -0.394 e. The number of hydrogen-bond donors (Lipinski definition) is 2. The molecule has 0 unspecified atom stereocenters. The Bertz CT molecular complexity index is 314. The van der Waals surface area contributed by atoms with Crippen LogP contribution in [0.15, 0.2) is 18.5 Å². The highest BCUT2D eigenvalue weighted by Crippen LogP contribution is 2.33. The van der Waals surface area contributed by atoms with Crippen LogP contribution in [0, 0.1) is 0 Å². The Kier molecular flexibility index (Phi) is 3.07. The lowest BCUT2D eigenvalue weighted by Gasteiger charge is -2.15. The predicted octanol–water partition coefficient (Wildman–Crippen LogP) is 1.09. The molecular weight excluding hydrogens is 197 g/mol. The largest absolute Gasteiger partial charge is 0.416 e. The average Bonchev–Trinajstić information content (AvgIpc) is 2.15. The molecular formula is C8H9F3N2O. The summed E-state index contributed by atoms with van der Waals surface area (Å²) >= 11 is 0. The first-order chi connectivity index (χ1) is 6.46. The van der Waals surface area contributed by atoms with E-state index in [0.29, 0.717) is 0 Å². The van der Waals surface area contributed by atoms with Crippen LogP contribution in [0.3, 0.4) is 0 Å². The van der Waals surface area contributed by atoms with Crippen molar-refractivity contribution in [1.82, 2.24) is 4.98 Å². The van der Waals surface area contributed by atoms with Gasteiger partial charge >= 0.3 is 6.18 Å². The number of aliphatic hydroxyl groups is 1. The van der Waals surface area contributed by atoms with E-state index in [0.717, 1.165) is 18.5 Å². The fourth-order valence-corrected chi connectivity index (χ4v) is 1.06. The van der Waals surface area contributed by atoms with E-state index in [-0.39, 0.29) is 5.56 Å². The number of rotatable bonds is 2. The van der Waals surface area contributed by atoms with Gasteiger partial charge in [0.15, 0.2) is 0 Å². The van der Waals surface area contributed by atoms with Crippen LogP contribution in [0.4, 0.5) is 13.2 Å². The minimum absolute atomic E-state index is 0.192. The first kappa shape index (κ1) is 10.9. The number of pyridine rings is 1. The number of aliphatic hydroxyl groups excluding tert-OH is 1. The highest BCUT2D eigenvalue weighted by Gasteiger charge is 2.34. The first-order valence-electron chi connectivity index (χ1n) is 3.84. The van der Waals surface area contributed by atoms with Gasteiger partial charge in [0.1, 0.15) is 0 Å². The Hall–Kier alpha value is -1.14.